The van der Waals surface area contributed by atoms with Gasteiger partial charge >= 0.3 is 5.97 Å². The third-order valence-corrected chi connectivity index (χ3v) is 3.44. The monoisotopic (exact) mass is 208 g/mol. The fraction of sp³-hybridized carbons (Fsp3) is 0.364. The standard InChI is InChI=1S/C11H12O2S/c1-8-2-4-9(5-3-8)14-10-6-7-13-11(10)12/h2-5,10H,6-7H2,1H3/t10-/m0/s1. The van der Waals surface area contributed by atoms with Gasteiger partial charge in [-0.25, -0.2) is 0 Å². The quantitative estimate of drug-likeness (QED) is 0.698. The summed E-state index contributed by atoms with van der Waals surface area (Å²) in [4.78, 5) is 12.3. The SMILES string of the molecule is Cc1ccc(S[C@H]2CCOC2=O)cc1. The Morgan fingerprint density at radius 1 is 1.36 bits per heavy atom. The van der Waals surface area contributed by atoms with Crippen molar-refractivity contribution in [3.05, 3.63) is 29.8 Å². The highest BCUT2D eigenvalue weighted by molar-refractivity contribution is 8.00. The Morgan fingerprint density at radius 2 is 2.07 bits per heavy atom. The molecule has 1 atom stereocenters. The van der Waals surface area contributed by atoms with E-state index in [0.29, 0.717) is 6.61 Å². The molecule has 1 aliphatic rings. The van der Waals surface area contributed by atoms with Crippen molar-refractivity contribution < 1.29 is 9.53 Å². The van der Waals surface area contributed by atoms with Crippen LogP contribution >= 0.6 is 11.8 Å². The lowest BCUT2D eigenvalue weighted by Crippen LogP contribution is -2.08. The summed E-state index contributed by atoms with van der Waals surface area (Å²) in [5, 5.41) is -0.00212. The maximum atomic E-state index is 11.2. The first-order chi connectivity index (χ1) is 6.75. The second-order valence-corrected chi connectivity index (χ2v) is 4.65. The number of rotatable bonds is 2. The van der Waals surface area contributed by atoms with Gasteiger partial charge in [-0.15, -0.1) is 11.8 Å². The molecule has 0 amide bonds. The minimum Gasteiger partial charge on any atom is -0.465 e. The number of aryl methyl sites for hydroxylation is 1. The predicted octanol–water partition coefficient (Wildman–Crippen LogP) is 2.40. The van der Waals surface area contributed by atoms with Crippen LogP contribution in [0.15, 0.2) is 29.2 Å². The van der Waals surface area contributed by atoms with Crippen molar-refractivity contribution in [2.45, 2.75) is 23.5 Å². The van der Waals surface area contributed by atoms with E-state index in [0.717, 1.165) is 11.3 Å². The Bertz CT molecular complexity index is 332. The van der Waals surface area contributed by atoms with E-state index in [2.05, 4.69) is 19.1 Å². The third-order valence-electron chi connectivity index (χ3n) is 2.19. The second kappa shape index (κ2) is 4.05. The van der Waals surface area contributed by atoms with Gasteiger partial charge in [0.15, 0.2) is 0 Å². The number of cyclic esters (lactones) is 1. The second-order valence-electron chi connectivity index (χ2n) is 3.38. The maximum absolute atomic E-state index is 11.2. The molecule has 2 rings (SSSR count). The Balaban J connectivity index is 2.03. The van der Waals surface area contributed by atoms with Gasteiger partial charge in [-0.05, 0) is 19.1 Å². The topological polar surface area (TPSA) is 26.3 Å². The predicted molar refractivity (Wildman–Crippen MR) is 56.4 cm³/mol. The van der Waals surface area contributed by atoms with Crippen molar-refractivity contribution in [1.29, 1.82) is 0 Å². The van der Waals surface area contributed by atoms with E-state index in [9.17, 15) is 4.79 Å². The largest absolute Gasteiger partial charge is 0.465 e. The average molecular weight is 208 g/mol. The molecular formula is C11H12O2S. The zero-order valence-corrected chi connectivity index (χ0v) is 8.84. The minimum absolute atomic E-state index is 0.00212. The summed E-state index contributed by atoms with van der Waals surface area (Å²) in [5.41, 5.74) is 1.24. The van der Waals surface area contributed by atoms with Gasteiger partial charge in [-0.1, -0.05) is 17.7 Å². The number of esters is 1. The zero-order chi connectivity index (χ0) is 9.97. The van der Waals surface area contributed by atoms with Crippen molar-refractivity contribution in [3.63, 3.8) is 0 Å². The zero-order valence-electron chi connectivity index (χ0n) is 8.03. The van der Waals surface area contributed by atoms with Crippen LogP contribution in [0.25, 0.3) is 0 Å². The smallest absolute Gasteiger partial charge is 0.319 e. The summed E-state index contributed by atoms with van der Waals surface area (Å²) in [6.45, 7) is 2.63. The van der Waals surface area contributed by atoms with E-state index >= 15 is 0 Å². The van der Waals surface area contributed by atoms with Crippen molar-refractivity contribution >= 4 is 17.7 Å². The van der Waals surface area contributed by atoms with Crippen molar-refractivity contribution in [2.24, 2.45) is 0 Å². The van der Waals surface area contributed by atoms with Crippen molar-refractivity contribution in [1.82, 2.24) is 0 Å². The van der Waals surface area contributed by atoms with E-state index in [-0.39, 0.29) is 11.2 Å². The van der Waals surface area contributed by atoms with Crippen LogP contribution in [0, 0.1) is 6.92 Å². The van der Waals surface area contributed by atoms with Crippen LogP contribution < -0.4 is 0 Å². The van der Waals surface area contributed by atoms with Gasteiger partial charge in [0.05, 0.1) is 6.61 Å². The minimum atomic E-state index is -0.0735. The van der Waals surface area contributed by atoms with Gasteiger partial charge in [0, 0.05) is 11.3 Å². The van der Waals surface area contributed by atoms with Crippen molar-refractivity contribution in [2.75, 3.05) is 6.61 Å². The Morgan fingerprint density at radius 3 is 2.64 bits per heavy atom. The van der Waals surface area contributed by atoms with Crippen LogP contribution in [0.2, 0.25) is 0 Å². The molecule has 0 aliphatic carbocycles. The molecule has 1 fully saturated rings. The summed E-state index contributed by atoms with van der Waals surface area (Å²) in [6.07, 6.45) is 0.831. The van der Waals surface area contributed by atoms with E-state index in [1.165, 1.54) is 5.56 Å². The number of carbonyl (C=O) groups is 1. The Labute approximate surface area is 87.6 Å². The van der Waals surface area contributed by atoms with Crippen LogP contribution in [0.1, 0.15) is 12.0 Å². The lowest BCUT2D eigenvalue weighted by atomic mass is 10.2. The van der Waals surface area contributed by atoms with E-state index in [4.69, 9.17) is 4.74 Å². The molecule has 1 aromatic carbocycles. The number of hydrogen-bond acceptors (Lipinski definition) is 3. The number of hydrogen-bond donors (Lipinski definition) is 0. The first kappa shape index (κ1) is 9.59. The maximum Gasteiger partial charge on any atom is 0.319 e. The van der Waals surface area contributed by atoms with Crippen LogP contribution in [-0.4, -0.2) is 17.8 Å². The Hall–Kier alpha value is -0.960. The fourth-order valence-electron chi connectivity index (χ4n) is 1.37. The molecule has 0 unspecified atom stereocenters. The fourth-order valence-corrected chi connectivity index (χ4v) is 2.37. The molecule has 1 aromatic rings. The summed E-state index contributed by atoms with van der Waals surface area (Å²) in [5.74, 6) is -0.0735. The van der Waals surface area contributed by atoms with E-state index in [1.54, 1.807) is 11.8 Å². The van der Waals surface area contributed by atoms with Gasteiger partial charge in [0.2, 0.25) is 0 Å². The van der Waals surface area contributed by atoms with Gasteiger partial charge in [-0.3, -0.25) is 4.79 Å². The number of benzene rings is 1. The molecule has 3 heteroatoms. The molecule has 0 saturated carbocycles. The molecule has 0 bridgehead atoms. The average Bonchev–Trinajstić information content (AvgIpc) is 2.56. The van der Waals surface area contributed by atoms with Crippen LogP contribution in [0.4, 0.5) is 0 Å². The Kier molecular flexibility index (Phi) is 2.77. The highest BCUT2D eigenvalue weighted by Gasteiger charge is 2.27. The number of thioether (sulfide) groups is 1. The van der Waals surface area contributed by atoms with E-state index in [1.807, 2.05) is 12.1 Å². The highest BCUT2D eigenvalue weighted by Crippen LogP contribution is 2.29. The lowest BCUT2D eigenvalue weighted by Gasteiger charge is -2.05. The van der Waals surface area contributed by atoms with Gasteiger partial charge < -0.3 is 4.74 Å². The molecule has 0 spiro atoms. The van der Waals surface area contributed by atoms with Gasteiger partial charge in [-0.2, -0.15) is 0 Å². The summed E-state index contributed by atoms with van der Waals surface area (Å²) in [6, 6.07) is 8.21. The molecule has 1 saturated heterocycles. The lowest BCUT2D eigenvalue weighted by molar-refractivity contribution is -0.137. The number of ether oxygens (including phenoxy) is 1. The summed E-state index contributed by atoms with van der Waals surface area (Å²) in [7, 11) is 0. The van der Waals surface area contributed by atoms with Gasteiger partial charge in [0.25, 0.3) is 0 Å². The first-order valence-corrected chi connectivity index (χ1v) is 5.53. The molecule has 2 nitrogen and oxygen atoms in total. The first-order valence-electron chi connectivity index (χ1n) is 4.66. The van der Waals surface area contributed by atoms with Crippen LogP contribution in [0.3, 0.4) is 0 Å². The molecule has 1 heterocycles. The molecular weight excluding hydrogens is 196 g/mol. The normalized spacial score (nSPS) is 20.9. The third kappa shape index (κ3) is 2.10. The van der Waals surface area contributed by atoms with Gasteiger partial charge in [0.1, 0.15) is 5.25 Å². The summed E-state index contributed by atoms with van der Waals surface area (Å²) < 4.78 is 4.90. The van der Waals surface area contributed by atoms with Crippen molar-refractivity contribution in [3.8, 4) is 0 Å². The molecule has 74 valence electrons. The molecule has 1 aliphatic heterocycles. The molecule has 0 aromatic heterocycles. The summed E-state index contributed by atoms with van der Waals surface area (Å²) >= 11 is 1.59. The van der Waals surface area contributed by atoms with Crippen LogP contribution in [-0.2, 0) is 9.53 Å². The number of carbonyl (C=O) groups excluding carboxylic acids is 1. The molecule has 14 heavy (non-hydrogen) atoms. The molecule has 0 N–H and O–H groups in total. The highest BCUT2D eigenvalue weighted by atomic mass is 32.2. The van der Waals surface area contributed by atoms with Crippen LogP contribution in [0.5, 0.6) is 0 Å². The molecule has 0 radical (unpaired) electrons. The van der Waals surface area contributed by atoms with E-state index < -0.39 is 0 Å².